The van der Waals surface area contributed by atoms with Crippen LogP contribution in [0, 0.1) is 6.92 Å². The number of oxazole rings is 1. The van der Waals surface area contributed by atoms with Gasteiger partial charge in [0.1, 0.15) is 5.76 Å². The lowest BCUT2D eigenvalue weighted by atomic mass is 10.3. The van der Waals surface area contributed by atoms with Gasteiger partial charge in [-0.1, -0.05) is 0 Å². The number of esters is 1. The Bertz CT molecular complexity index is 385. The predicted octanol–water partition coefficient (Wildman–Crippen LogP) is 1.51. The molecule has 1 aliphatic carbocycles. The largest absolute Gasteiger partial charge is 0.465 e. The smallest absolute Gasteiger partial charge is 0.320 e. The van der Waals surface area contributed by atoms with E-state index in [9.17, 15) is 4.79 Å². The topological polar surface area (TPSA) is 55.6 Å². The standard InChI is InChI=1S/C12H18N2O3/c1-3-16-12(15)7-14(10-4-5-10)6-11-9(2)17-8-13-11/h8,10H,3-7H2,1-2H3. The molecule has 1 fully saturated rings. The summed E-state index contributed by atoms with van der Waals surface area (Å²) in [4.78, 5) is 17.8. The molecule has 94 valence electrons. The van der Waals surface area contributed by atoms with Crippen molar-refractivity contribution in [3.8, 4) is 0 Å². The lowest BCUT2D eigenvalue weighted by molar-refractivity contribution is -0.144. The maximum atomic E-state index is 11.5. The fourth-order valence-electron chi connectivity index (χ4n) is 1.80. The van der Waals surface area contributed by atoms with Crippen molar-refractivity contribution in [2.24, 2.45) is 0 Å². The number of nitrogens with zero attached hydrogens (tertiary/aromatic N) is 2. The molecular formula is C12H18N2O3. The van der Waals surface area contributed by atoms with E-state index < -0.39 is 0 Å². The molecule has 1 aromatic rings. The van der Waals surface area contributed by atoms with Crippen molar-refractivity contribution in [1.82, 2.24) is 9.88 Å². The number of carbonyl (C=O) groups excluding carboxylic acids is 1. The van der Waals surface area contributed by atoms with Crippen LogP contribution in [0.4, 0.5) is 0 Å². The highest BCUT2D eigenvalue weighted by molar-refractivity contribution is 5.71. The molecule has 0 atom stereocenters. The van der Waals surface area contributed by atoms with Crippen molar-refractivity contribution < 1.29 is 13.9 Å². The van der Waals surface area contributed by atoms with Crippen LogP contribution in [0.1, 0.15) is 31.2 Å². The van der Waals surface area contributed by atoms with Crippen LogP contribution >= 0.6 is 0 Å². The van der Waals surface area contributed by atoms with Crippen LogP contribution in [-0.2, 0) is 16.1 Å². The summed E-state index contributed by atoms with van der Waals surface area (Å²) >= 11 is 0. The van der Waals surface area contributed by atoms with Gasteiger partial charge in [0, 0.05) is 12.6 Å². The fourth-order valence-corrected chi connectivity index (χ4v) is 1.80. The van der Waals surface area contributed by atoms with E-state index >= 15 is 0 Å². The lowest BCUT2D eigenvalue weighted by Gasteiger charge is -2.19. The average molecular weight is 238 g/mol. The first-order valence-electron chi connectivity index (χ1n) is 5.99. The van der Waals surface area contributed by atoms with Gasteiger partial charge in [-0.3, -0.25) is 9.69 Å². The molecule has 0 amide bonds. The second-order valence-corrected chi connectivity index (χ2v) is 4.30. The van der Waals surface area contributed by atoms with Gasteiger partial charge in [-0.15, -0.1) is 0 Å². The summed E-state index contributed by atoms with van der Waals surface area (Å²) in [5.41, 5.74) is 0.904. The first-order valence-corrected chi connectivity index (χ1v) is 5.99. The molecule has 5 nitrogen and oxygen atoms in total. The van der Waals surface area contributed by atoms with Gasteiger partial charge < -0.3 is 9.15 Å². The van der Waals surface area contributed by atoms with Crippen molar-refractivity contribution in [3.05, 3.63) is 17.8 Å². The number of rotatable bonds is 6. The second-order valence-electron chi connectivity index (χ2n) is 4.30. The predicted molar refractivity (Wildman–Crippen MR) is 61.3 cm³/mol. The minimum absolute atomic E-state index is 0.166. The summed E-state index contributed by atoms with van der Waals surface area (Å²) in [6.45, 7) is 5.13. The van der Waals surface area contributed by atoms with Crippen LogP contribution < -0.4 is 0 Å². The van der Waals surface area contributed by atoms with E-state index in [1.54, 1.807) is 0 Å². The zero-order chi connectivity index (χ0) is 12.3. The second kappa shape index (κ2) is 5.31. The van der Waals surface area contributed by atoms with Gasteiger partial charge in [0.2, 0.25) is 0 Å². The van der Waals surface area contributed by atoms with E-state index in [-0.39, 0.29) is 5.97 Å². The molecule has 17 heavy (non-hydrogen) atoms. The van der Waals surface area contributed by atoms with Gasteiger partial charge in [-0.2, -0.15) is 0 Å². The number of hydrogen-bond donors (Lipinski definition) is 0. The molecule has 0 bridgehead atoms. The van der Waals surface area contributed by atoms with Crippen LogP contribution in [0.15, 0.2) is 10.8 Å². The Kier molecular flexibility index (Phi) is 3.78. The van der Waals surface area contributed by atoms with Gasteiger partial charge in [-0.25, -0.2) is 4.98 Å². The van der Waals surface area contributed by atoms with Crippen LogP contribution in [-0.4, -0.2) is 35.0 Å². The Labute approximate surface area is 101 Å². The Balaban J connectivity index is 1.93. The van der Waals surface area contributed by atoms with Crippen molar-refractivity contribution >= 4 is 5.97 Å². The highest BCUT2D eigenvalue weighted by atomic mass is 16.5. The van der Waals surface area contributed by atoms with Crippen LogP contribution in [0.3, 0.4) is 0 Å². The van der Waals surface area contributed by atoms with E-state index in [4.69, 9.17) is 9.15 Å². The zero-order valence-corrected chi connectivity index (χ0v) is 10.3. The van der Waals surface area contributed by atoms with E-state index in [1.165, 1.54) is 6.39 Å². The van der Waals surface area contributed by atoms with Crippen molar-refractivity contribution in [3.63, 3.8) is 0 Å². The molecule has 1 aromatic heterocycles. The van der Waals surface area contributed by atoms with Crippen LogP contribution in [0.25, 0.3) is 0 Å². The van der Waals surface area contributed by atoms with Gasteiger partial charge in [0.25, 0.3) is 0 Å². The van der Waals surface area contributed by atoms with Crippen LogP contribution in [0.5, 0.6) is 0 Å². The molecule has 0 aromatic carbocycles. The van der Waals surface area contributed by atoms with Gasteiger partial charge >= 0.3 is 5.97 Å². The van der Waals surface area contributed by atoms with Gasteiger partial charge in [0.15, 0.2) is 6.39 Å². The number of ether oxygens (including phenoxy) is 1. The number of aromatic nitrogens is 1. The monoisotopic (exact) mass is 238 g/mol. The molecule has 0 saturated heterocycles. The van der Waals surface area contributed by atoms with E-state index in [2.05, 4.69) is 9.88 Å². The average Bonchev–Trinajstić information content (AvgIpc) is 3.05. The molecule has 5 heteroatoms. The Hall–Kier alpha value is -1.36. The SMILES string of the molecule is CCOC(=O)CN(Cc1ncoc1C)C1CC1. The number of hydrogen-bond acceptors (Lipinski definition) is 5. The summed E-state index contributed by atoms with van der Waals surface area (Å²) in [6.07, 6.45) is 3.74. The fraction of sp³-hybridized carbons (Fsp3) is 0.667. The number of carbonyl (C=O) groups is 1. The molecule has 0 spiro atoms. The highest BCUT2D eigenvalue weighted by Gasteiger charge is 2.31. The summed E-state index contributed by atoms with van der Waals surface area (Å²) < 4.78 is 10.1. The lowest BCUT2D eigenvalue weighted by Crippen LogP contribution is -2.32. The minimum Gasteiger partial charge on any atom is -0.465 e. The third-order valence-electron chi connectivity index (χ3n) is 2.90. The molecule has 1 saturated carbocycles. The quantitative estimate of drug-likeness (QED) is 0.703. The molecular weight excluding hydrogens is 220 g/mol. The molecule has 0 radical (unpaired) electrons. The van der Waals surface area contributed by atoms with Crippen molar-refractivity contribution in [2.75, 3.05) is 13.2 Å². The first kappa shape index (κ1) is 12.1. The molecule has 1 heterocycles. The van der Waals surface area contributed by atoms with Crippen molar-refractivity contribution in [1.29, 1.82) is 0 Å². The summed E-state index contributed by atoms with van der Waals surface area (Å²) in [6, 6.07) is 0.496. The molecule has 2 rings (SSSR count). The minimum atomic E-state index is -0.166. The van der Waals surface area contributed by atoms with E-state index in [0.29, 0.717) is 25.7 Å². The zero-order valence-electron chi connectivity index (χ0n) is 10.3. The number of aryl methyl sites for hydroxylation is 1. The normalized spacial score (nSPS) is 15.2. The van der Waals surface area contributed by atoms with Gasteiger partial charge in [-0.05, 0) is 26.7 Å². The third-order valence-corrected chi connectivity index (χ3v) is 2.90. The van der Waals surface area contributed by atoms with Crippen LogP contribution in [0.2, 0.25) is 0 Å². The Morgan fingerprint density at radius 1 is 1.65 bits per heavy atom. The third kappa shape index (κ3) is 3.30. The highest BCUT2D eigenvalue weighted by Crippen LogP contribution is 2.28. The van der Waals surface area contributed by atoms with Gasteiger partial charge in [0.05, 0.1) is 18.8 Å². The maximum Gasteiger partial charge on any atom is 0.320 e. The van der Waals surface area contributed by atoms with Crippen molar-refractivity contribution in [2.45, 2.75) is 39.3 Å². The molecule has 1 aliphatic rings. The van der Waals surface area contributed by atoms with E-state index in [1.807, 2.05) is 13.8 Å². The molecule has 0 aliphatic heterocycles. The summed E-state index contributed by atoms with van der Waals surface area (Å²) in [5.74, 6) is 0.653. The molecule has 0 N–H and O–H groups in total. The Morgan fingerprint density at radius 3 is 2.94 bits per heavy atom. The van der Waals surface area contributed by atoms with E-state index in [0.717, 1.165) is 24.3 Å². The summed E-state index contributed by atoms with van der Waals surface area (Å²) in [7, 11) is 0. The first-order chi connectivity index (χ1) is 8.20. The molecule has 0 unspecified atom stereocenters. The summed E-state index contributed by atoms with van der Waals surface area (Å²) in [5, 5.41) is 0. The maximum absolute atomic E-state index is 11.5. The Morgan fingerprint density at radius 2 is 2.41 bits per heavy atom.